The molecule has 0 aliphatic heterocycles. The first kappa shape index (κ1) is 14.7. The number of unbranched alkanes of at least 4 members (excludes halogenated alkanes) is 5. The molecule has 1 nitrogen and oxygen atoms in total. The van der Waals surface area contributed by atoms with E-state index in [0.29, 0.717) is 5.78 Å². The summed E-state index contributed by atoms with van der Waals surface area (Å²) in [7, 11) is 0. The van der Waals surface area contributed by atoms with Crippen molar-refractivity contribution in [1.29, 1.82) is 0 Å². The first-order chi connectivity index (χ1) is 8.33. The van der Waals surface area contributed by atoms with Crippen LogP contribution < -0.4 is 0 Å². The van der Waals surface area contributed by atoms with Crippen LogP contribution in [0.15, 0.2) is 0 Å². The van der Waals surface area contributed by atoms with E-state index < -0.39 is 0 Å². The second-order valence-corrected chi connectivity index (χ2v) is 5.76. The van der Waals surface area contributed by atoms with Gasteiger partial charge in [-0.25, -0.2) is 0 Å². The van der Waals surface area contributed by atoms with Gasteiger partial charge in [-0.05, 0) is 12.3 Å². The van der Waals surface area contributed by atoms with Crippen molar-refractivity contribution in [3.8, 4) is 0 Å². The number of ketones is 1. The molecular weight excluding hydrogens is 208 g/mol. The minimum atomic E-state index is 0.535. The molecule has 1 saturated carbocycles. The maximum Gasteiger partial charge on any atom is 0.133 e. The average molecular weight is 238 g/mol. The number of Topliss-reactive ketones (excluding diaryl/α,β-unsaturated/α-hetero) is 1. The summed E-state index contributed by atoms with van der Waals surface area (Å²) in [5.41, 5.74) is 0. The lowest BCUT2D eigenvalue weighted by atomic mass is 9.85. The van der Waals surface area contributed by atoms with Gasteiger partial charge in [0.25, 0.3) is 0 Å². The van der Waals surface area contributed by atoms with E-state index in [9.17, 15) is 4.79 Å². The largest absolute Gasteiger partial charge is 0.300 e. The highest BCUT2D eigenvalue weighted by atomic mass is 16.1. The summed E-state index contributed by atoms with van der Waals surface area (Å²) < 4.78 is 0. The summed E-state index contributed by atoms with van der Waals surface area (Å²) in [6, 6.07) is 0. The molecule has 0 aromatic carbocycles. The maximum absolute atomic E-state index is 11.8. The molecule has 0 bridgehead atoms. The van der Waals surface area contributed by atoms with Crippen molar-refractivity contribution < 1.29 is 4.79 Å². The Kier molecular flexibility index (Phi) is 8.38. The molecule has 0 heterocycles. The zero-order valence-corrected chi connectivity index (χ0v) is 11.7. The van der Waals surface area contributed by atoms with Crippen molar-refractivity contribution in [1.82, 2.24) is 0 Å². The van der Waals surface area contributed by atoms with Gasteiger partial charge in [-0.3, -0.25) is 4.79 Å². The molecule has 0 N–H and O–H groups in total. The quantitative estimate of drug-likeness (QED) is 0.500. The van der Waals surface area contributed by atoms with Gasteiger partial charge in [0.05, 0.1) is 0 Å². The first-order valence-corrected chi connectivity index (χ1v) is 7.84. The minimum absolute atomic E-state index is 0.535. The van der Waals surface area contributed by atoms with E-state index >= 15 is 0 Å². The molecular formula is C16H30O. The second-order valence-electron chi connectivity index (χ2n) is 5.76. The van der Waals surface area contributed by atoms with Gasteiger partial charge < -0.3 is 0 Å². The predicted molar refractivity (Wildman–Crippen MR) is 74.2 cm³/mol. The second kappa shape index (κ2) is 9.67. The topological polar surface area (TPSA) is 17.1 Å². The molecule has 0 atom stereocenters. The van der Waals surface area contributed by atoms with Gasteiger partial charge >= 0.3 is 0 Å². The molecule has 0 spiro atoms. The van der Waals surface area contributed by atoms with Gasteiger partial charge in [0, 0.05) is 12.8 Å². The monoisotopic (exact) mass is 238 g/mol. The molecule has 1 aliphatic carbocycles. The Morgan fingerprint density at radius 2 is 1.59 bits per heavy atom. The van der Waals surface area contributed by atoms with E-state index in [4.69, 9.17) is 0 Å². The van der Waals surface area contributed by atoms with Crippen LogP contribution in [0.4, 0.5) is 0 Å². The van der Waals surface area contributed by atoms with Crippen molar-refractivity contribution in [2.45, 2.75) is 90.4 Å². The van der Waals surface area contributed by atoms with Crippen LogP contribution in [0.25, 0.3) is 0 Å². The van der Waals surface area contributed by atoms with Crippen LogP contribution >= 0.6 is 0 Å². The standard InChI is InChI=1S/C16H30O/c1-2-3-4-5-6-10-13-16(17)14-15-11-8-7-9-12-15/h15H,2-14H2,1H3. The average Bonchev–Trinajstić information content (AvgIpc) is 2.35. The Labute approximate surface area is 107 Å². The molecule has 100 valence electrons. The van der Waals surface area contributed by atoms with Gasteiger partial charge in [-0.15, -0.1) is 0 Å². The van der Waals surface area contributed by atoms with Crippen LogP contribution in [0.1, 0.15) is 90.4 Å². The molecule has 1 aliphatic rings. The van der Waals surface area contributed by atoms with Crippen LogP contribution in [-0.4, -0.2) is 5.78 Å². The van der Waals surface area contributed by atoms with Crippen molar-refractivity contribution in [2.75, 3.05) is 0 Å². The zero-order chi connectivity index (χ0) is 12.3. The van der Waals surface area contributed by atoms with Crippen LogP contribution in [0.5, 0.6) is 0 Å². The van der Waals surface area contributed by atoms with Gasteiger partial charge in [0.15, 0.2) is 0 Å². The molecule has 0 unspecified atom stereocenters. The highest BCUT2D eigenvalue weighted by molar-refractivity contribution is 5.78. The van der Waals surface area contributed by atoms with Crippen LogP contribution in [0, 0.1) is 5.92 Å². The number of hydrogen-bond donors (Lipinski definition) is 0. The summed E-state index contributed by atoms with van der Waals surface area (Å²) >= 11 is 0. The lowest BCUT2D eigenvalue weighted by Gasteiger charge is -2.20. The molecule has 0 radical (unpaired) electrons. The highest BCUT2D eigenvalue weighted by Gasteiger charge is 2.16. The van der Waals surface area contributed by atoms with E-state index in [-0.39, 0.29) is 0 Å². The number of carbonyl (C=O) groups excluding carboxylic acids is 1. The van der Waals surface area contributed by atoms with Gasteiger partial charge in [0.1, 0.15) is 5.78 Å². The Morgan fingerprint density at radius 3 is 2.29 bits per heavy atom. The summed E-state index contributed by atoms with van der Waals surface area (Å²) in [5, 5.41) is 0. The number of rotatable bonds is 9. The fourth-order valence-corrected chi connectivity index (χ4v) is 2.92. The Morgan fingerprint density at radius 1 is 0.941 bits per heavy atom. The first-order valence-electron chi connectivity index (χ1n) is 7.84. The summed E-state index contributed by atoms with van der Waals surface area (Å²) in [6.07, 6.45) is 16.2. The third-order valence-corrected chi connectivity index (χ3v) is 4.05. The number of carbonyl (C=O) groups is 1. The van der Waals surface area contributed by atoms with E-state index in [1.807, 2.05) is 0 Å². The molecule has 1 heteroatoms. The Hall–Kier alpha value is -0.330. The molecule has 17 heavy (non-hydrogen) atoms. The van der Waals surface area contributed by atoms with Gasteiger partial charge in [0.2, 0.25) is 0 Å². The molecule has 0 amide bonds. The maximum atomic E-state index is 11.8. The highest BCUT2D eigenvalue weighted by Crippen LogP contribution is 2.27. The van der Waals surface area contributed by atoms with E-state index in [1.165, 1.54) is 64.2 Å². The van der Waals surface area contributed by atoms with Gasteiger partial charge in [-0.2, -0.15) is 0 Å². The SMILES string of the molecule is CCCCCCCCC(=O)CC1CCCCC1. The smallest absolute Gasteiger partial charge is 0.133 e. The number of hydrogen-bond acceptors (Lipinski definition) is 1. The molecule has 1 rings (SSSR count). The van der Waals surface area contributed by atoms with Crippen molar-refractivity contribution in [3.05, 3.63) is 0 Å². The van der Waals surface area contributed by atoms with Crippen LogP contribution in [0.2, 0.25) is 0 Å². The normalized spacial score (nSPS) is 17.2. The van der Waals surface area contributed by atoms with E-state index in [1.54, 1.807) is 0 Å². The fraction of sp³-hybridized carbons (Fsp3) is 0.938. The Balaban J connectivity index is 1.93. The van der Waals surface area contributed by atoms with Crippen molar-refractivity contribution in [2.24, 2.45) is 5.92 Å². The van der Waals surface area contributed by atoms with Crippen molar-refractivity contribution in [3.63, 3.8) is 0 Å². The van der Waals surface area contributed by atoms with E-state index in [0.717, 1.165) is 25.2 Å². The van der Waals surface area contributed by atoms with Crippen LogP contribution in [-0.2, 0) is 4.79 Å². The van der Waals surface area contributed by atoms with Crippen LogP contribution in [0.3, 0.4) is 0 Å². The lowest BCUT2D eigenvalue weighted by Crippen LogP contribution is -2.11. The molecule has 0 aromatic heterocycles. The third kappa shape index (κ3) is 7.57. The van der Waals surface area contributed by atoms with Gasteiger partial charge in [-0.1, -0.05) is 71.1 Å². The fourth-order valence-electron chi connectivity index (χ4n) is 2.92. The lowest BCUT2D eigenvalue weighted by molar-refractivity contribution is -0.120. The minimum Gasteiger partial charge on any atom is -0.300 e. The third-order valence-electron chi connectivity index (χ3n) is 4.05. The predicted octanol–water partition coefficient (Wildman–Crippen LogP) is 5.28. The Bertz CT molecular complexity index is 192. The van der Waals surface area contributed by atoms with Crippen molar-refractivity contribution >= 4 is 5.78 Å². The summed E-state index contributed by atoms with van der Waals surface area (Å²) in [4.78, 5) is 11.8. The molecule has 0 aromatic rings. The summed E-state index contributed by atoms with van der Waals surface area (Å²) in [5.74, 6) is 1.27. The molecule has 0 saturated heterocycles. The zero-order valence-electron chi connectivity index (χ0n) is 11.7. The summed E-state index contributed by atoms with van der Waals surface area (Å²) in [6.45, 7) is 2.24. The van der Waals surface area contributed by atoms with E-state index in [2.05, 4.69) is 6.92 Å². The molecule has 1 fully saturated rings.